The number of anilines is 1. The Hall–Kier alpha value is -3.27. The molecule has 0 bridgehead atoms. The number of nitriles is 1. The standard InChI is InChI=1S/C22H28N5O8P/c1-13(2)33-21(29)14(3)26-36(31,35-15-7-5-4-6-8-15)32-12-17-19(28)16(11-23)20(34-17)27-10-9-18(24)25-22(27)30/h4-10,13-14,16-17,19-20,28H,12H2,1-3H3,(H,26,31)(H2,24,25,30)/t14-,16-,17-,19+,20-,36+/m1/s1. The lowest BCUT2D eigenvalue weighted by atomic mass is 10.0. The van der Waals surface area contributed by atoms with Crippen LogP contribution in [0.3, 0.4) is 0 Å². The summed E-state index contributed by atoms with van der Waals surface area (Å²) < 4.78 is 36.6. The number of ether oxygens (including phenoxy) is 2. The molecule has 6 atom stereocenters. The first kappa shape index (κ1) is 27.3. The summed E-state index contributed by atoms with van der Waals surface area (Å²) in [7, 11) is -4.23. The third kappa shape index (κ3) is 6.69. The highest BCUT2D eigenvalue weighted by molar-refractivity contribution is 7.52. The molecule has 1 aromatic heterocycles. The Bertz CT molecular complexity index is 1200. The largest absolute Gasteiger partial charge is 0.462 e. The average Bonchev–Trinajstić information content (AvgIpc) is 3.12. The molecule has 0 amide bonds. The van der Waals surface area contributed by atoms with Crippen LogP contribution in [-0.2, 0) is 23.4 Å². The number of hydrogen-bond acceptors (Lipinski definition) is 11. The van der Waals surface area contributed by atoms with Crippen LogP contribution in [0.2, 0.25) is 0 Å². The number of para-hydroxylation sites is 1. The lowest BCUT2D eigenvalue weighted by Crippen LogP contribution is -2.37. The van der Waals surface area contributed by atoms with Crippen molar-refractivity contribution in [3.8, 4) is 11.8 Å². The summed E-state index contributed by atoms with van der Waals surface area (Å²) in [5, 5.41) is 22.8. The molecule has 0 unspecified atom stereocenters. The lowest BCUT2D eigenvalue weighted by molar-refractivity contribution is -0.149. The third-order valence-corrected chi connectivity index (χ3v) is 6.72. The second kappa shape index (κ2) is 11.6. The predicted molar refractivity (Wildman–Crippen MR) is 126 cm³/mol. The predicted octanol–water partition coefficient (Wildman–Crippen LogP) is 1.36. The van der Waals surface area contributed by atoms with Gasteiger partial charge in [-0.1, -0.05) is 18.2 Å². The zero-order valence-electron chi connectivity index (χ0n) is 19.9. The molecule has 194 valence electrons. The first-order valence-corrected chi connectivity index (χ1v) is 12.6. The molecule has 1 fully saturated rings. The van der Waals surface area contributed by atoms with E-state index < -0.39 is 62.5 Å². The van der Waals surface area contributed by atoms with Gasteiger partial charge in [-0.3, -0.25) is 13.9 Å². The van der Waals surface area contributed by atoms with E-state index >= 15 is 0 Å². The molecule has 2 aromatic rings. The molecule has 3 rings (SSSR count). The highest BCUT2D eigenvalue weighted by Crippen LogP contribution is 2.46. The van der Waals surface area contributed by atoms with Crippen molar-refractivity contribution < 1.29 is 33.0 Å². The van der Waals surface area contributed by atoms with Crippen LogP contribution >= 0.6 is 7.75 Å². The Morgan fingerprint density at radius 2 is 2.03 bits per heavy atom. The summed E-state index contributed by atoms with van der Waals surface area (Å²) in [5.41, 5.74) is 4.74. The van der Waals surface area contributed by atoms with Crippen LogP contribution in [0.15, 0.2) is 47.4 Å². The van der Waals surface area contributed by atoms with Gasteiger partial charge in [0.15, 0.2) is 6.23 Å². The second-order valence-corrected chi connectivity index (χ2v) is 9.98. The second-order valence-electron chi connectivity index (χ2n) is 8.29. The number of aliphatic hydroxyl groups excluding tert-OH is 1. The number of hydrogen-bond donors (Lipinski definition) is 3. The fourth-order valence-corrected chi connectivity index (χ4v) is 4.89. The number of esters is 1. The normalized spacial score (nSPS) is 24.0. The van der Waals surface area contributed by atoms with Crippen molar-refractivity contribution in [3.05, 3.63) is 53.1 Å². The van der Waals surface area contributed by atoms with Gasteiger partial charge < -0.3 is 24.8 Å². The SMILES string of the molecule is CC(C)OC(=O)[C@@H](C)N[P@](=O)(OC[C@H]1O[C@@H](n2ccc(N)nc2=O)[C@H](C#N)[C@@H]1O)Oc1ccccc1. The van der Waals surface area contributed by atoms with Gasteiger partial charge in [-0.15, -0.1) is 0 Å². The van der Waals surface area contributed by atoms with E-state index in [2.05, 4.69) is 10.1 Å². The van der Waals surface area contributed by atoms with E-state index in [-0.39, 0.29) is 11.6 Å². The van der Waals surface area contributed by atoms with Gasteiger partial charge in [0.05, 0.1) is 18.8 Å². The fraction of sp³-hybridized carbons (Fsp3) is 0.455. The number of nitrogen functional groups attached to an aromatic ring is 1. The molecule has 0 saturated carbocycles. The molecule has 14 heteroatoms. The molecular weight excluding hydrogens is 493 g/mol. The van der Waals surface area contributed by atoms with E-state index in [4.69, 9.17) is 24.3 Å². The van der Waals surface area contributed by atoms with Crippen LogP contribution in [-0.4, -0.2) is 51.6 Å². The van der Waals surface area contributed by atoms with Crippen molar-refractivity contribution in [2.45, 2.75) is 51.4 Å². The van der Waals surface area contributed by atoms with Crippen LogP contribution in [0.4, 0.5) is 5.82 Å². The zero-order valence-corrected chi connectivity index (χ0v) is 20.8. The molecule has 36 heavy (non-hydrogen) atoms. The first-order chi connectivity index (χ1) is 17.0. The number of aliphatic hydroxyl groups is 1. The van der Waals surface area contributed by atoms with Crippen molar-refractivity contribution in [1.29, 1.82) is 5.26 Å². The molecule has 1 aromatic carbocycles. The molecule has 0 aliphatic carbocycles. The van der Waals surface area contributed by atoms with E-state index in [0.717, 1.165) is 4.57 Å². The lowest BCUT2D eigenvalue weighted by Gasteiger charge is -2.25. The molecule has 1 aliphatic rings. The molecule has 0 radical (unpaired) electrons. The summed E-state index contributed by atoms with van der Waals surface area (Å²) in [6.07, 6.45) is -2.87. The summed E-state index contributed by atoms with van der Waals surface area (Å²) in [4.78, 5) is 28.1. The minimum absolute atomic E-state index is 0.0154. The maximum Gasteiger partial charge on any atom is 0.459 e. The van der Waals surface area contributed by atoms with E-state index in [1.165, 1.54) is 31.3 Å². The Labute approximate surface area is 207 Å². The van der Waals surface area contributed by atoms with Gasteiger partial charge in [-0.25, -0.2) is 9.36 Å². The topological polar surface area (TPSA) is 188 Å². The zero-order chi connectivity index (χ0) is 26.5. The number of aromatic nitrogens is 2. The quantitative estimate of drug-likeness (QED) is 0.301. The van der Waals surface area contributed by atoms with E-state index in [9.17, 15) is 24.5 Å². The number of nitrogens with zero attached hydrogens (tertiary/aromatic N) is 3. The summed E-state index contributed by atoms with van der Waals surface area (Å²) >= 11 is 0. The number of carbonyl (C=O) groups excluding carboxylic acids is 1. The third-order valence-electron chi connectivity index (χ3n) is 5.08. The highest BCUT2D eigenvalue weighted by atomic mass is 31.2. The minimum atomic E-state index is -4.23. The molecule has 1 saturated heterocycles. The maximum absolute atomic E-state index is 13.6. The van der Waals surface area contributed by atoms with Crippen molar-refractivity contribution in [1.82, 2.24) is 14.6 Å². The van der Waals surface area contributed by atoms with Gasteiger partial charge in [0.2, 0.25) is 0 Å². The summed E-state index contributed by atoms with van der Waals surface area (Å²) in [5.74, 6) is -1.66. The molecule has 4 N–H and O–H groups in total. The molecule has 13 nitrogen and oxygen atoms in total. The van der Waals surface area contributed by atoms with Crippen LogP contribution in [0.25, 0.3) is 0 Å². The number of benzene rings is 1. The van der Waals surface area contributed by atoms with Gasteiger partial charge in [-0.05, 0) is 39.0 Å². The van der Waals surface area contributed by atoms with E-state index in [0.29, 0.717) is 0 Å². The van der Waals surface area contributed by atoms with Crippen LogP contribution in [0.1, 0.15) is 27.0 Å². The molecule has 0 spiro atoms. The molecule has 2 heterocycles. The average molecular weight is 521 g/mol. The van der Waals surface area contributed by atoms with Crippen molar-refractivity contribution in [2.75, 3.05) is 12.3 Å². The molecular formula is C22H28N5O8P. The van der Waals surface area contributed by atoms with Crippen molar-refractivity contribution in [3.63, 3.8) is 0 Å². The summed E-state index contributed by atoms with van der Waals surface area (Å²) in [6, 6.07) is 10.3. The highest BCUT2D eigenvalue weighted by Gasteiger charge is 2.47. The van der Waals surface area contributed by atoms with Crippen LogP contribution in [0, 0.1) is 17.2 Å². The van der Waals surface area contributed by atoms with Crippen LogP contribution in [0.5, 0.6) is 5.75 Å². The minimum Gasteiger partial charge on any atom is -0.462 e. The van der Waals surface area contributed by atoms with E-state index in [1.54, 1.807) is 32.0 Å². The fourth-order valence-electron chi connectivity index (χ4n) is 3.39. The molecule has 1 aliphatic heterocycles. The first-order valence-electron chi connectivity index (χ1n) is 11.1. The van der Waals surface area contributed by atoms with Gasteiger partial charge >= 0.3 is 19.4 Å². The number of nitrogens with one attached hydrogen (secondary N) is 1. The van der Waals surface area contributed by atoms with Gasteiger partial charge in [-0.2, -0.15) is 15.3 Å². The van der Waals surface area contributed by atoms with Crippen LogP contribution < -0.4 is 21.0 Å². The van der Waals surface area contributed by atoms with E-state index in [1.807, 2.05) is 6.07 Å². The Morgan fingerprint density at radius 3 is 2.64 bits per heavy atom. The van der Waals surface area contributed by atoms with Crippen molar-refractivity contribution in [2.24, 2.45) is 5.92 Å². The number of carbonyl (C=O) groups is 1. The Balaban J connectivity index is 1.78. The van der Waals surface area contributed by atoms with Gasteiger partial charge in [0, 0.05) is 6.20 Å². The van der Waals surface area contributed by atoms with Gasteiger partial charge in [0.1, 0.15) is 35.7 Å². The number of rotatable bonds is 10. The Morgan fingerprint density at radius 1 is 1.33 bits per heavy atom. The maximum atomic E-state index is 13.6. The Kier molecular flexibility index (Phi) is 8.84. The van der Waals surface area contributed by atoms with Crippen molar-refractivity contribution >= 4 is 19.5 Å². The smallest absolute Gasteiger partial charge is 0.459 e. The summed E-state index contributed by atoms with van der Waals surface area (Å²) in [6.45, 7) is 4.27. The number of nitrogens with two attached hydrogens (primary N) is 1. The monoisotopic (exact) mass is 521 g/mol. The van der Waals surface area contributed by atoms with Gasteiger partial charge in [0.25, 0.3) is 0 Å².